The molecule has 0 unspecified atom stereocenters. The van der Waals surface area contributed by atoms with Crippen LogP contribution < -0.4 is 15.5 Å². The number of ether oxygens (including phenoxy) is 2. The molecule has 0 saturated heterocycles. The van der Waals surface area contributed by atoms with Gasteiger partial charge in [0.1, 0.15) is 18.4 Å². The maximum absolute atomic E-state index is 12.7. The molecule has 7 heteroatoms. The zero-order valence-corrected chi connectivity index (χ0v) is 20.6. The lowest BCUT2D eigenvalue weighted by Crippen LogP contribution is -2.47. The number of carbonyl (C=O) groups excluding carboxylic acids is 2. The molecule has 0 aliphatic rings. The molecule has 0 aliphatic heterocycles. The maximum atomic E-state index is 12.7. The average molecular weight is 496 g/mol. The summed E-state index contributed by atoms with van der Waals surface area (Å²) < 4.78 is 10.9. The lowest BCUT2D eigenvalue weighted by molar-refractivity contribution is -0.123. The predicted molar refractivity (Wildman–Crippen MR) is 145 cm³/mol. The van der Waals surface area contributed by atoms with Crippen molar-refractivity contribution in [1.82, 2.24) is 10.7 Å². The number of hydrogen-bond acceptors (Lipinski definition) is 5. The standard InChI is InChI=1S/C30H29N3O4/c1-2-36-30(35)32-28(19-22-9-4-3-5-10-22)29(34)33-31-20-23-15-17-26(18-16-23)37-21-25-13-8-12-24-11-6-7-14-27(24)25/h3-18,20,28H,2,19,21H2,1H3,(H,32,35)(H,33,34)/b31-20-/t28-/m1/s1. The van der Waals surface area contributed by atoms with E-state index in [9.17, 15) is 9.59 Å². The van der Waals surface area contributed by atoms with Crippen molar-refractivity contribution in [1.29, 1.82) is 0 Å². The number of fused-ring (bicyclic) bond motifs is 1. The lowest BCUT2D eigenvalue weighted by Gasteiger charge is -2.16. The van der Waals surface area contributed by atoms with E-state index >= 15 is 0 Å². The zero-order valence-electron chi connectivity index (χ0n) is 20.6. The van der Waals surface area contributed by atoms with Crippen molar-refractivity contribution in [2.75, 3.05) is 6.61 Å². The highest BCUT2D eigenvalue weighted by Crippen LogP contribution is 2.21. The normalized spacial score (nSPS) is 11.7. The molecule has 4 aromatic rings. The number of hydrogen-bond donors (Lipinski definition) is 2. The molecule has 188 valence electrons. The van der Waals surface area contributed by atoms with Gasteiger partial charge in [-0.05, 0) is 58.7 Å². The molecular formula is C30H29N3O4. The molecular weight excluding hydrogens is 466 g/mol. The van der Waals surface area contributed by atoms with Gasteiger partial charge in [0.05, 0.1) is 12.8 Å². The molecule has 0 bridgehead atoms. The number of nitrogens with zero attached hydrogens (tertiary/aromatic N) is 1. The molecule has 0 heterocycles. The Kier molecular flexibility index (Phi) is 8.86. The van der Waals surface area contributed by atoms with Crippen LogP contribution in [0, 0.1) is 0 Å². The second-order valence-electron chi connectivity index (χ2n) is 8.34. The molecule has 0 spiro atoms. The van der Waals surface area contributed by atoms with Crippen molar-refractivity contribution < 1.29 is 19.1 Å². The third-order valence-electron chi connectivity index (χ3n) is 5.71. The second kappa shape index (κ2) is 12.9. The van der Waals surface area contributed by atoms with Crippen LogP contribution in [0.4, 0.5) is 4.79 Å². The van der Waals surface area contributed by atoms with Crippen molar-refractivity contribution in [2.24, 2.45) is 5.10 Å². The van der Waals surface area contributed by atoms with E-state index in [2.05, 4.69) is 40.1 Å². The fourth-order valence-corrected chi connectivity index (χ4v) is 3.85. The fraction of sp³-hybridized carbons (Fsp3) is 0.167. The van der Waals surface area contributed by atoms with E-state index in [1.54, 1.807) is 6.92 Å². The van der Waals surface area contributed by atoms with Crippen LogP contribution in [0.25, 0.3) is 10.8 Å². The van der Waals surface area contributed by atoms with Gasteiger partial charge in [-0.2, -0.15) is 5.10 Å². The number of benzene rings is 4. The SMILES string of the molecule is CCOC(=O)N[C@H](Cc1ccccc1)C(=O)N/N=C\c1ccc(OCc2cccc3ccccc23)cc1. The number of amides is 2. The predicted octanol–water partition coefficient (Wildman–Crippen LogP) is 5.23. The summed E-state index contributed by atoms with van der Waals surface area (Å²) in [4.78, 5) is 24.6. The summed E-state index contributed by atoms with van der Waals surface area (Å²) in [6.45, 7) is 2.38. The minimum absolute atomic E-state index is 0.214. The fourth-order valence-electron chi connectivity index (χ4n) is 3.85. The summed E-state index contributed by atoms with van der Waals surface area (Å²) in [6.07, 6.45) is 1.20. The Hall–Kier alpha value is -4.65. The van der Waals surface area contributed by atoms with Crippen LogP contribution >= 0.6 is 0 Å². The first-order valence-corrected chi connectivity index (χ1v) is 12.1. The van der Waals surface area contributed by atoms with Crippen molar-refractivity contribution in [3.05, 3.63) is 114 Å². The first-order chi connectivity index (χ1) is 18.1. The largest absolute Gasteiger partial charge is 0.489 e. The summed E-state index contributed by atoms with van der Waals surface area (Å²) in [6, 6.07) is 30.4. The second-order valence-corrected chi connectivity index (χ2v) is 8.34. The van der Waals surface area contributed by atoms with E-state index in [0.717, 1.165) is 22.4 Å². The molecule has 2 amide bonds. The van der Waals surface area contributed by atoms with Crippen LogP contribution in [0.3, 0.4) is 0 Å². The van der Waals surface area contributed by atoms with E-state index in [0.29, 0.717) is 13.0 Å². The highest BCUT2D eigenvalue weighted by atomic mass is 16.5. The van der Waals surface area contributed by atoms with Crippen molar-refractivity contribution >= 4 is 29.0 Å². The van der Waals surface area contributed by atoms with Gasteiger partial charge in [0.15, 0.2) is 0 Å². The van der Waals surface area contributed by atoms with Gasteiger partial charge < -0.3 is 14.8 Å². The highest BCUT2D eigenvalue weighted by Gasteiger charge is 2.21. The molecule has 2 N–H and O–H groups in total. The van der Waals surface area contributed by atoms with E-state index in [-0.39, 0.29) is 6.61 Å². The Morgan fingerprint density at radius 2 is 1.62 bits per heavy atom. The Labute approximate surface area is 216 Å². The van der Waals surface area contributed by atoms with Gasteiger partial charge in [0.2, 0.25) is 0 Å². The van der Waals surface area contributed by atoms with Crippen LogP contribution in [-0.4, -0.2) is 30.9 Å². The summed E-state index contributed by atoms with van der Waals surface area (Å²) in [5.41, 5.74) is 5.32. The summed E-state index contributed by atoms with van der Waals surface area (Å²) in [5.74, 6) is 0.291. The molecule has 37 heavy (non-hydrogen) atoms. The van der Waals surface area contributed by atoms with Gasteiger partial charge in [-0.15, -0.1) is 0 Å². The van der Waals surface area contributed by atoms with E-state index < -0.39 is 18.0 Å². The van der Waals surface area contributed by atoms with Crippen LogP contribution in [0.2, 0.25) is 0 Å². The Bertz CT molecular complexity index is 1350. The van der Waals surface area contributed by atoms with Gasteiger partial charge in [-0.3, -0.25) is 4.79 Å². The van der Waals surface area contributed by atoms with Crippen LogP contribution in [0.1, 0.15) is 23.6 Å². The van der Waals surface area contributed by atoms with Crippen molar-refractivity contribution in [2.45, 2.75) is 26.0 Å². The lowest BCUT2D eigenvalue weighted by atomic mass is 10.1. The molecule has 1 atom stereocenters. The van der Waals surface area contributed by atoms with Gasteiger partial charge in [-0.1, -0.05) is 72.8 Å². The molecule has 0 fully saturated rings. The van der Waals surface area contributed by atoms with Crippen LogP contribution in [-0.2, 0) is 22.6 Å². The highest BCUT2D eigenvalue weighted by molar-refractivity contribution is 5.88. The Morgan fingerprint density at radius 3 is 2.41 bits per heavy atom. The quantitative estimate of drug-likeness (QED) is 0.233. The molecule has 0 aliphatic carbocycles. The van der Waals surface area contributed by atoms with Crippen LogP contribution in [0.15, 0.2) is 102 Å². The van der Waals surface area contributed by atoms with Gasteiger partial charge in [-0.25, -0.2) is 10.2 Å². The summed E-state index contributed by atoms with van der Waals surface area (Å²) in [7, 11) is 0. The Balaban J connectivity index is 1.33. The van der Waals surface area contributed by atoms with Crippen LogP contribution in [0.5, 0.6) is 5.75 Å². The molecule has 0 saturated carbocycles. The summed E-state index contributed by atoms with van der Waals surface area (Å²) >= 11 is 0. The number of alkyl carbamates (subject to hydrolysis) is 1. The zero-order chi connectivity index (χ0) is 25.9. The van der Waals surface area contributed by atoms with E-state index in [1.165, 1.54) is 17.0 Å². The van der Waals surface area contributed by atoms with Crippen molar-refractivity contribution in [3.8, 4) is 5.75 Å². The smallest absolute Gasteiger partial charge is 0.407 e. The molecule has 0 radical (unpaired) electrons. The molecule has 4 aromatic carbocycles. The average Bonchev–Trinajstić information content (AvgIpc) is 2.93. The topological polar surface area (TPSA) is 89.0 Å². The van der Waals surface area contributed by atoms with Gasteiger partial charge in [0.25, 0.3) is 5.91 Å². The first kappa shape index (κ1) is 25.4. The molecule has 7 nitrogen and oxygen atoms in total. The van der Waals surface area contributed by atoms with Crippen molar-refractivity contribution in [3.63, 3.8) is 0 Å². The minimum atomic E-state index is -0.830. The van der Waals surface area contributed by atoms with E-state index in [1.807, 2.05) is 72.8 Å². The Morgan fingerprint density at radius 1 is 0.892 bits per heavy atom. The van der Waals surface area contributed by atoms with E-state index in [4.69, 9.17) is 9.47 Å². The number of carbonyl (C=O) groups is 2. The third kappa shape index (κ3) is 7.41. The molecule has 4 rings (SSSR count). The third-order valence-corrected chi connectivity index (χ3v) is 5.71. The monoisotopic (exact) mass is 495 g/mol. The summed E-state index contributed by atoms with van der Waals surface area (Å²) in [5, 5.41) is 9.01. The maximum Gasteiger partial charge on any atom is 0.407 e. The number of rotatable bonds is 10. The number of hydrazone groups is 1. The van der Waals surface area contributed by atoms with Gasteiger partial charge in [0, 0.05) is 6.42 Å². The number of nitrogens with one attached hydrogen (secondary N) is 2. The van der Waals surface area contributed by atoms with Gasteiger partial charge >= 0.3 is 6.09 Å². The first-order valence-electron chi connectivity index (χ1n) is 12.1. The minimum Gasteiger partial charge on any atom is -0.489 e. The molecule has 0 aromatic heterocycles.